The lowest BCUT2D eigenvalue weighted by molar-refractivity contribution is 0.0949. The number of hydrogen-bond donors (Lipinski definition) is 1. The molecule has 4 aromatic rings. The van der Waals surface area contributed by atoms with E-state index in [1.165, 1.54) is 16.9 Å². The van der Waals surface area contributed by atoms with E-state index in [9.17, 15) is 4.79 Å². The SMILES string of the molecule is Cc1nnc(SCc2nc(C(=O)NCCc3ccccc3)cs2)n1-c1ccccc1. The number of hydrogen-bond acceptors (Lipinski definition) is 6. The van der Waals surface area contributed by atoms with Gasteiger partial charge in [0.1, 0.15) is 16.5 Å². The number of para-hydroxylation sites is 1. The number of aromatic nitrogens is 4. The fraction of sp³-hybridized carbons (Fsp3) is 0.182. The first-order chi connectivity index (χ1) is 14.7. The molecular formula is C22H21N5OS2. The lowest BCUT2D eigenvalue weighted by Gasteiger charge is -2.07. The van der Waals surface area contributed by atoms with Gasteiger partial charge in [-0.2, -0.15) is 0 Å². The van der Waals surface area contributed by atoms with Crippen molar-refractivity contribution in [2.24, 2.45) is 0 Å². The van der Waals surface area contributed by atoms with Gasteiger partial charge in [-0.1, -0.05) is 60.3 Å². The van der Waals surface area contributed by atoms with Gasteiger partial charge in [0, 0.05) is 17.6 Å². The van der Waals surface area contributed by atoms with E-state index in [0.29, 0.717) is 18.0 Å². The number of rotatable bonds is 8. The Kier molecular flexibility index (Phi) is 6.56. The molecule has 0 unspecified atom stereocenters. The average molecular weight is 436 g/mol. The third-order valence-corrected chi connectivity index (χ3v) is 6.43. The molecule has 0 fully saturated rings. The van der Waals surface area contributed by atoms with Crippen LogP contribution >= 0.6 is 23.1 Å². The maximum atomic E-state index is 12.4. The van der Waals surface area contributed by atoms with Crippen molar-refractivity contribution in [3.05, 3.63) is 88.1 Å². The Morgan fingerprint density at radius 2 is 1.80 bits per heavy atom. The number of carbonyl (C=O) groups is 1. The molecule has 0 bridgehead atoms. The van der Waals surface area contributed by atoms with Gasteiger partial charge in [-0.25, -0.2) is 4.98 Å². The Hall–Kier alpha value is -2.97. The van der Waals surface area contributed by atoms with Crippen molar-refractivity contribution in [3.8, 4) is 5.69 Å². The number of thioether (sulfide) groups is 1. The summed E-state index contributed by atoms with van der Waals surface area (Å²) in [5.41, 5.74) is 2.69. The molecule has 30 heavy (non-hydrogen) atoms. The average Bonchev–Trinajstić information content (AvgIpc) is 3.40. The van der Waals surface area contributed by atoms with Gasteiger partial charge in [0.05, 0.1) is 5.75 Å². The van der Waals surface area contributed by atoms with Crippen molar-refractivity contribution >= 4 is 29.0 Å². The molecule has 1 amide bonds. The summed E-state index contributed by atoms with van der Waals surface area (Å²) in [5, 5.41) is 14.9. The summed E-state index contributed by atoms with van der Waals surface area (Å²) in [6.07, 6.45) is 0.800. The van der Waals surface area contributed by atoms with Gasteiger partial charge >= 0.3 is 0 Å². The maximum Gasteiger partial charge on any atom is 0.270 e. The van der Waals surface area contributed by atoms with Crippen LogP contribution in [0.4, 0.5) is 0 Å². The second-order valence-electron chi connectivity index (χ2n) is 6.61. The number of thiazole rings is 1. The number of nitrogens with one attached hydrogen (secondary N) is 1. The predicted octanol–water partition coefficient (Wildman–Crippen LogP) is 4.30. The summed E-state index contributed by atoms with van der Waals surface area (Å²) in [7, 11) is 0. The molecule has 2 heterocycles. The van der Waals surface area contributed by atoms with Crippen molar-refractivity contribution in [2.75, 3.05) is 6.54 Å². The molecule has 152 valence electrons. The van der Waals surface area contributed by atoms with Crippen LogP contribution in [0.3, 0.4) is 0 Å². The second-order valence-corrected chi connectivity index (χ2v) is 8.49. The van der Waals surface area contributed by atoms with Crippen molar-refractivity contribution in [3.63, 3.8) is 0 Å². The van der Waals surface area contributed by atoms with Crippen LogP contribution in [-0.2, 0) is 12.2 Å². The molecule has 4 rings (SSSR count). The van der Waals surface area contributed by atoms with Crippen molar-refractivity contribution in [1.29, 1.82) is 0 Å². The fourth-order valence-electron chi connectivity index (χ4n) is 2.97. The standard InChI is InChI=1S/C22H21N5OS2/c1-16-25-26-22(27(16)18-10-6-3-7-11-18)30-15-20-24-19(14-29-20)21(28)23-13-12-17-8-4-2-5-9-17/h2-11,14H,12-13,15H2,1H3,(H,23,28). The molecule has 0 atom stereocenters. The normalized spacial score (nSPS) is 10.8. The molecule has 0 aliphatic carbocycles. The Morgan fingerprint density at radius 1 is 1.07 bits per heavy atom. The number of carbonyl (C=O) groups excluding carboxylic acids is 1. The number of amides is 1. The van der Waals surface area contributed by atoms with E-state index in [0.717, 1.165) is 28.1 Å². The van der Waals surface area contributed by atoms with Crippen LogP contribution in [0.5, 0.6) is 0 Å². The van der Waals surface area contributed by atoms with E-state index in [1.54, 1.807) is 17.1 Å². The highest BCUT2D eigenvalue weighted by Gasteiger charge is 2.14. The highest BCUT2D eigenvalue weighted by atomic mass is 32.2. The van der Waals surface area contributed by atoms with E-state index in [-0.39, 0.29) is 5.91 Å². The first-order valence-electron chi connectivity index (χ1n) is 9.57. The Labute approximate surface area is 183 Å². The molecule has 0 aliphatic heterocycles. The summed E-state index contributed by atoms with van der Waals surface area (Å²) in [5.74, 6) is 1.33. The topological polar surface area (TPSA) is 72.7 Å². The largest absolute Gasteiger partial charge is 0.350 e. The van der Waals surface area contributed by atoms with E-state index >= 15 is 0 Å². The fourth-order valence-corrected chi connectivity index (χ4v) is 4.76. The predicted molar refractivity (Wildman–Crippen MR) is 120 cm³/mol. The number of nitrogens with zero attached hydrogens (tertiary/aromatic N) is 4. The molecular weight excluding hydrogens is 414 g/mol. The van der Waals surface area contributed by atoms with Gasteiger partial charge in [-0.3, -0.25) is 9.36 Å². The van der Waals surface area contributed by atoms with Crippen LogP contribution < -0.4 is 5.32 Å². The minimum atomic E-state index is -0.137. The molecule has 6 nitrogen and oxygen atoms in total. The zero-order chi connectivity index (χ0) is 20.8. The summed E-state index contributed by atoms with van der Waals surface area (Å²) >= 11 is 3.05. The second kappa shape index (κ2) is 9.69. The minimum Gasteiger partial charge on any atom is -0.350 e. The van der Waals surface area contributed by atoms with E-state index < -0.39 is 0 Å². The zero-order valence-electron chi connectivity index (χ0n) is 16.5. The van der Waals surface area contributed by atoms with Crippen molar-refractivity contribution in [1.82, 2.24) is 25.1 Å². The highest BCUT2D eigenvalue weighted by Crippen LogP contribution is 2.26. The monoisotopic (exact) mass is 435 g/mol. The van der Waals surface area contributed by atoms with Crippen LogP contribution in [0.1, 0.15) is 26.9 Å². The molecule has 0 spiro atoms. The lowest BCUT2D eigenvalue weighted by Crippen LogP contribution is -2.26. The molecule has 8 heteroatoms. The van der Waals surface area contributed by atoms with Gasteiger partial charge in [0.2, 0.25) is 0 Å². The molecule has 0 aliphatic rings. The summed E-state index contributed by atoms with van der Waals surface area (Å²) in [4.78, 5) is 16.9. The smallest absolute Gasteiger partial charge is 0.270 e. The third kappa shape index (κ3) is 4.95. The number of benzene rings is 2. The van der Waals surface area contributed by atoms with E-state index in [4.69, 9.17) is 0 Å². The van der Waals surface area contributed by atoms with E-state index in [2.05, 4.69) is 32.6 Å². The summed E-state index contributed by atoms with van der Waals surface area (Å²) in [6, 6.07) is 20.1. The Morgan fingerprint density at radius 3 is 2.57 bits per heavy atom. The van der Waals surface area contributed by atoms with Gasteiger partial charge in [0.15, 0.2) is 5.16 Å². The molecule has 2 aromatic heterocycles. The maximum absolute atomic E-state index is 12.4. The first-order valence-corrected chi connectivity index (χ1v) is 11.4. The van der Waals surface area contributed by atoms with Crippen LogP contribution in [0.15, 0.2) is 71.2 Å². The number of aryl methyl sites for hydroxylation is 1. The molecule has 1 N–H and O–H groups in total. The summed E-state index contributed by atoms with van der Waals surface area (Å²) < 4.78 is 2.02. The van der Waals surface area contributed by atoms with E-state index in [1.807, 2.05) is 60.0 Å². The molecule has 0 radical (unpaired) electrons. The van der Waals surface area contributed by atoms with Crippen molar-refractivity contribution in [2.45, 2.75) is 24.3 Å². The highest BCUT2D eigenvalue weighted by molar-refractivity contribution is 7.98. The Balaban J connectivity index is 1.34. The molecule has 0 saturated heterocycles. The summed E-state index contributed by atoms with van der Waals surface area (Å²) in [6.45, 7) is 2.52. The van der Waals surface area contributed by atoms with Crippen molar-refractivity contribution < 1.29 is 4.79 Å². The minimum absolute atomic E-state index is 0.137. The van der Waals surface area contributed by atoms with Crippen LogP contribution in [0, 0.1) is 6.92 Å². The van der Waals surface area contributed by atoms with Crippen LogP contribution in [0.2, 0.25) is 0 Å². The lowest BCUT2D eigenvalue weighted by atomic mass is 10.1. The Bertz CT molecular complexity index is 1110. The van der Waals surface area contributed by atoms with Gasteiger partial charge in [-0.05, 0) is 31.0 Å². The molecule has 2 aromatic carbocycles. The third-order valence-electron chi connectivity index (χ3n) is 4.46. The van der Waals surface area contributed by atoms with Gasteiger partial charge in [-0.15, -0.1) is 21.5 Å². The van der Waals surface area contributed by atoms with Crippen LogP contribution in [-0.4, -0.2) is 32.2 Å². The molecule has 0 saturated carbocycles. The van der Waals surface area contributed by atoms with Crippen LogP contribution in [0.25, 0.3) is 5.69 Å². The van der Waals surface area contributed by atoms with Gasteiger partial charge < -0.3 is 5.32 Å². The quantitative estimate of drug-likeness (QED) is 0.418. The zero-order valence-corrected chi connectivity index (χ0v) is 18.1. The van der Waals surface area contributed by atoms with Gasteiger partial charge in [0.25, 0.3) is 5.91 Å². The first kappa shape index (κ1) is 20.3.